The topological polar surface area (TPSA) is 102 Å². The maximum atomic E-state index is 17.5. The zero-order valence-corrected chi connectivity index (χ0v) is 38.0. The van der Waals surface area contributed by atoms with Crippen LogP contribution in [0.2, 0.25) is 16.6 Å². The smallest absolute Gasteiger partial charge is 0.410 e. The van der Waals surface area contributed by atoms with Crippen LogP contribution in [-0.4, -0.2) is 109 Å². The number of halogens is 1. The molecule has 0 radical (unpaired) electrons. The fourth-order valence-corrected chi connectivity index (χ4v) is 16.0. The van der Waals surface area contributed by atoms with Crippen LogP contribution in [0.4, 0.5) is 15.0 Å². The summed E-state index contributed by atoms with van der Waals surface area (Å²) in [6.45, 7) is 23.2. The summed E-state index contributed by atoms with van der Waals surface area (Å²) in [5.41, 5.74) is 6.43. The van der Waals surface area contributed by atoms with Crippen molar-refractivity contribution in [2.75, 3.05) is 51.6 Å². The van der Waals surface area contributed by atoms with Gasteiger partial charge in [0, 0.05) is 38.4 Å². The first-order valence-corrected chi connectivity index (χ1v) is 24.1. The molecule has 3 aromatic rings. The third kappa shape index (κ3) is 8.51. The number of ether oxygens (including phenoxy) is 4. The van der Waals surface area contributed by atoms with Crippen molar-refractivity contribution in [1.82, 2.24) is 24.8 Å². The number of methoxy groups -OCH3 is 1. The standard InChI is InChI=1S/C46H65FN6O5Si/c1-30(2)59(31(3)4,32(5)6)23-11-14-33-15-18-36(57-29-55-10)24-37(33)40-39(47)41-38(25-48-40)42(50-43(49-41)56-28-46-19-12-21-52(46)22-13-20-46)51-26-34-16-17-35(27-51)53(34)44(54)58-45(7,8)9/h15,18,24-25,30-32,34-35H,12-14,16-17,19-22,26-29H2,1-10H3/t34-,35+. The molecule has 11 nitrogen and oxygen atoms in total. The summed E-state index contributed by atoms with van der Waals surface area (Å²) in [6, 6.07) is 5.68. The Morgan fingerprint density at radius 2 is 1.64 bits per heavy atom. The van der Waals surface area contributed by atoms with Gasteiger partial charge >= 0.3 is 12.1 Å². The van der Waals surface area contributed by atoms with Gasteiger partial charge in [-0.15, -0.1) is 11.5 Å². The minimum Gasteiger partial charge on any atom is -0.468 e. The minimum absolute atomic E-state index is 0.0433. The van der Waals surface area contributed by atoms with E-state index in [0.29, 0.717) is 65.3 Å². The molecule has 0 aliphatic carbocycles. The first-order chi connectivity index (χ1) is 28.1. The van der Waals surface area contributed by atoms with Crippen molar-refractivity contribution in [2.45, 2.75) is 147 Å². The van der Waals surface area contributed by atoms with E-state index < -0.39 is 19.5 Å². The highest BCUT2D eigenvalue weighted by Crippen LogP contribution is 2.43. The molecule has 0 unspecified atom stereocenters. The Morgan fingerprint density at radius 1 is 0.983 bits per heavy atom. The van der Waals surface area contributed by atoms with Crippen molar-refractivity contribution in [2.24, 2.45) is 0 Å². The molecule has 0 spiro atoms. The van der Waals surface area contributed by atoms with E-state index >= 15 is 4.39 Å². The van der Waals surface area contributed by atoms with Gasteiger partial charge in [-0.25, -0.2) is 9.18 Å². The van der Waals surface area contributed by atoms with Crippen molar-refractivity contribution in [3.63, 3.8) is 0 Å². The van der Waals surface area contributed by atoms with Crippen molar-refractivity contribution < 1.29 is 28.1 Å². The molecule has 1 aromatic carbocycles. The molecule has 2 aromatic heterocycles. The lowest BCUT2D eigenvalue weighted by molar-refractivity contribution is 0.0122. The van der Waals surface area contributed by atoms with Gasteiger partial charge in [-0.2, -0.15) is 9.97 Å². The van der Waals surface area contributed by atoms with Gasteiger partial charge in [0.25, 0.3) is 0 Å². The Labute approximate surface area is 351 Å². The number of piperazine rings is 1. The van der Waals surface area contributed by atoms with E-state index in [9.17, 15) is 4.79 Å². The number of anilines is 1. The Hall–Kier alpha value is -3.99. The van der Waals surface area contributed by atoms with Crippen LogP contribution in [0, 0.1) is 17.3 Å². The zero-order valence-electron chi connectivity index (χ0n) is 37.0. The number of nitrogens with zero attached hydrogens (tertiary/aromatic N) is 6. The Balaban J connectivity index is 1.30. The van der Waals surface area contributed by atoms with Gasteiger partial charge in [-0.3, -0.25) is 14.8 Å². The van der Waals surface area contributed by atoms with Crippen LogP contribution in [0.15, 0.2) is 24.4 Å². The van der Waals surface area contributed by atoms with Crippen molar-refractivity contribution in [1.29, 1.82) is 0 Å². The van der Waals surface area contributed by atoms with Gasteiger partial charge in [0.05, 0.1) is 23.0 Å². The SMILES string of the molecule is COCOc1ccc(CC#C[Si](C(C)C)(C(C)C)C(C)C)c(-c2ncc3c(N4C[C@H]5CC[C@@H](C4)N5C(=O)OC(C)(C)C)nc(OCC45CCCN4CCC5)nc3c2F)c1. The second kappa shape index (κ2) is 17.2. The molecule has 4 fully saturated rings. The highest BCUT2D eigenvalue weighted by Gasteiger charge is 2.47. The fourth-order valence-electron chi connectivity index (χ4n) is 10.7. The number of rotatable bonds is 12. The second-order valence-electron chi connectivity index (χ2n) is 19.1. The summed E-state index contributed by atoms with van der Waals surface area (Å²) in [5, 5.41) is 0.500. The number of hydrogen-bond acceptors (Lipinski definition) is 10. The van der Waals surface area contributed by atoms with E-state index in [1.54, 1.807) is 13.3 Å². The van der Waals surface area contributed by atoms with Crippen LogP contribution in [-0.2, 0) is 15.9 Å². The lowest BCUT2D eigenvalue weighted by Crippen LogP contribution is -2.57. The van der Waals surface area contributed by atoms with E-state index in [-0.39, 0.29) is 47.7 Å². The van der Waals surface area contributed by atoms with Crippen LogP contribution in [0.3, 0.4) is 0 Å². The molecule has 0 saturated carbocycles. The van der Waals surface area contributed by atoms with Gasteiger partial charge < -0.3 is 23.8 Å². The van der Waals surface area contributed by atoms with E-state index in [4.69, 9.17) is 33.9 Å². The molecule has 320 valence electrons. The number of amides is 1. The maximum absolute atomic E-state index is 17.5. The predicted octanol–water partition coefficient (Wildman–Crippen LogP) is 9.17. The number of hydrogen-bond donors (Lipinski definition) is 0. The highest BCUT2D eigenvalue weighted by atomic mass is 28.3. The monoisotopic (exact) mass is 828 g/mol. The number of benzene rings is 1. The first kappa shape index (κ1) is 43.1. The molecule has 2 atom stereocenters. The lowest BCUT2D eigenvalue weighted by atomic mass is 9.95. The maximum Gasteiger partial charge on any atom is 0.410 e. The van der Waals surface area contributed by atoms with E-state index in [0.717, 1.165) is 57.2 Å². The van der Waals surface area contributed by atoms with E-state index in [1.165, 1.54) is 0 Å². The van der Waals surface area contributed by atoms with Crippen LogP contribution in [0.5, 0.6) is 11.8 Å². The quantitative estimate of drug-likeness (QED) is 0.0998. The molecule has 4 aliphatic rings. The molecule has 13 heteroatoms. The van der Waals surface area contributed by atoms with Crippen molar-refractivity contribution in [3.8, 4) is 34.5 Å². The molecule has 4 aliphatic heterocycles. The molecule has 2 bridgehead atoms. The largest absolute Gasteiger partial charge is 0.468 e. The summed E-state index contributed by atoms with van der Waals surface area (Å²) in [7, 11) is -0.426. The average Bonchev–Trinajstić information content (AvgIpc) is 3.84. The third-order valence-corrected chi connectivity index (χ3v) is 19.8. The average molecular weight is 829 g/mol. The predicted molar refractivity (Wildman–Crippen MR) is 233 cm³/mol. The van der Waals surface area contributed by atoms with Crippen molar-refractivity contribution in [3.05, 3.63) is 35.8 Å². The first-order valence-electron chi connectivity index (χ1n) is 21.8. The van der Waals surface area contributed by atoms with Gasteiger partial charge in [-0.05, 0) is 107 Å². The van der Waals surface area contributed by atoms with Crippen LogP contribution in [0.25, 0.3) is 22.2 Å². The molecular formula is C46H65FN6O5Si. The Bertz CT molecular complexity index is 2030. The highest BCUT2D eigenvalue weighted by molar-refractivity contribution is 6.90. The van der Waals surface area contributed by atoms with Gasteiger partial charge in [-0.1, -0.05) is 47.6 Å². The summed E-state index contributed by atoms with van der Waals surface area (Å²) in [4.78, 5) is 34.6. The molecule has 1 amide bonds. The Kier molecular flexibility index (Phi) is 12.5. The van der Waals surface area contributed by atoms with Gasteiger partial charge in [0.15, 0.2) is 12.6 Å². The fraction of sp³-hybridized carbons (Fsp3) is 0.652. The van der Waals surface area contributed by atoms with E-state index in [2.05, 4.69) is 62.8 Å². The number of carbonyl (C=O) groups is 1. The number of carbonyl (C=O) groups excluding carboxylic acids is 1. The third-order valence-electron chi connectivity index (χ3n) is 13.4. The summed E-state index contributed by atoms with van der Waals surface area (Å²) in [5.74, 6) is 4.13. The van der Waals surface area contributed by atoms with Crippen LogP contribution >= 0.6 is 0 Å². The number of aromatic nitrogens is 3. The van der Waals surface area contributed by atoms with Gasteiger partial charge in [0.1, 0.15) is 43.1 Å². The van der Waals surface area contributed by atoms with Crippen molar-refractivity contribution >= 4 is 30.9 Å². The summed E-state index contributed by atoms with van der Waals surface area (Å²) in [6.07, 6.45) is 7.94. The normalized spacial score (nSPS) is 20.4. The Morgan fingerprint density at radius 3 is 2.25 bits per heavy atom. The molecule has 6 heterocycles. The van der Waals surface area contributed by atoms with Crippen LogP contribution in [0.1, 0.15) is 106 Å². The van der Waals surface area contributed by atoms with E-state index in [1.807, 2.05) is 43.9 Å². The lowest BCUT2D eigenvalue weighted by Gasteiger charge is -2.42. The van der Waals surface area contributed by atoms with Crippen LogP contribution < -0.4 is 14.4 Å². The molecule has 59 heavy (non-hydrogen) atoms. The molecule has 4 saturated heterocycles. The zero-order chi connectivity index (χ0) is 42.3. The summed E-state index contributed by atoms with van der Waals surface area (Å²) >= 11 is 0. The number of pyridine rings is 1. The minimum atomic E-state index is -2.00. The number of fused-ring (bicyclic) bond motifs is 4. The van der Waals surface area contributed by atoms with Gasteiger partial charge in [0.2, 0.25) is 0 Å². The molecule has 0 N–H and O–H groups in total. The molecular weight excluding hydrogens is 764 g/mol. The second-order valence-corrected chi connectivity index (χ2v) is 24.7. The summed E-state index contributed by atoms with van der Waals surface area (Å²) < 4.78 is 41.0. The molecule has 7 rings (SSSR count).